The van der Waals surface area contributed by atoms with Crippen molar-refractivity contribution < 1.29 is 9.53 Å². The number of pyridine rings is 1. The second-order valence-electron chi connectivity index (χ2n) is 4.04. The van der Waals surface area contributed by atoms with Crippen molar-refractivity contribution in [3.05, 3.63) is 53.3 Å². The molecule has 1 aromatic heterocycles. The summed E-state index contributed by atoms with van der Waals surface area (Å²) in [5.41, 5.74) is 6.57. The lowest BCUT2D eigenvalue weighted by atomic mass is 10.3. The second-order valence-corrected chi connectivity index (χ2v) is 4.47. The lowest BCUT2D eigenvalue weighted by Crippen LogP contribution is -2.28. The molecule has 0 atom stereocenters. The highest BCUT2D eigenvalue weighted by Gasteiger charge is 2.05. The first kappa shape index (κ1) is 14.1. The van der Waals surface area contributed by atoms with E-state index in [1.807, 2.05) is 0 Å². The summed E-state index contributed by atoms with van der Waals surface area (Å²) in [6, 6.07) is 10.2. The first-order valence-electron chi connectivity index (χ1n) is 6.03. The number of amides is 1. The van der Waals surface area contributed by atoms with Gasteiger partial charge in [0.2, 0.25) is 0 Å². The van der Waals surface area contributed by atoms with Gasteiger partial charge in [0.15, 0.2) is 0 Å². The molecule has 104 valence electrons. The smallest absolute Gasteiger partial charge is 0.269 e. The van der Waals surface area contributed by atoms with Crippen LogP contribution in [0.2, 0.25) is 5.02 Å². The second kappa shape index (κ2) is 6.77. The lowest BCUT2D eigenvalue weighted by Gasteiger charge is -2.07. The summed E-state index contributed by atoms with van der Waals surface area (Å²) in [4.78, 5) is 15.6. The normalized spacial score (nSPS) is 10.1. The van der Waals surface area contributed by atoms with Crippen LogP contribution in [0.15, 0.2) is 42.6 Å². The molecule has 0 aliphatic rings. The number of halogens is 1. The molecule has 20 heavy (non-hydrogen) atoms. The SMILES string of the molecule is Nc1ccc(OCCNC(=O)c2ccc(Cl)cn2)cc1. The Bertz CT molecular complexity index is 570. The summed E-state index contributed by atoms with van der Waals surface area (Å²) >= 11 is 5.70. The summed E-state index contributed by atoms with van der Waals surface area (Å²) in [5.74, 6) is 0.445. The quantitative estimate of drug-likeness (QED) is 0.653. The van der Waals surface area contributed by atoms with E-state index in [2.05, 4.69) is 10.3 Å². The largest absolute Gasteiger partial charge is 0.492 e. The Morgan fingerprint density at radius 1 is 1.25 bits per heavy atom. The van der Waals surface area contributed by atoms with E-state index in [-0.39, 0.29) is 5.91 Å². The van der Waals surface area contributed by atoms with Crippen LogP contribution >= 0.6 is 11.6 Å². The standard InChI is InChI=1S/C14H14ClN3O2/c15-10-1-6-13(18-9-10)14(19)17-7-8-20-12-4-2-11(16)3-5-12/h1-6,9H,7-8,16H2,(H,17,19). The number of hydrogen-bond donors (Lipinski definition) is 2. The monoisotopic (exact) mass is 291 g/mol. The Hall–Kier alpha value is -2.27. The highest BCUT2D eigenvalue weighted by atomic mass is 35.5. The highest BCUT2D eigenvalue weighted by Crippen LogP contribution is 2.12. The van der Waals surface area contributed by atoms with E-state index < -0.39 is 0 Å². The van der Waals surface area contributed by atoms with Crippen LogP contribution in [0, 0.1) is 0 Å². The third-order valence-corrected chi connectivity index (χ3v) is 2.72. The molecular weight excluding hydrogens is 278 g/mol. The number of anilines is 1. The maximum Gasteiger partial charge on any atom is 0.269 e. The van der Waals surface area contributed by atoms with Gasteiger partial charge in [-0.15, -0.1) is 0 Å². The van der Waals surface area contributed by atoms with Gasteiger partial charge in [-0.2, -0.15) is 0 Å². The fourth-order valence-electron chi connectivity index (χ4n) is 1.50. The summed E-state index contributed by atoms with van der Waals surface area (Å²) in [7, 11) is 0. The first-order valence-corrected chi connectivity index (χ1v) is 6.41. The Labute approximate surface area is 121 Å². The zero-order valence-electron chi connectivity index (χ0n) is 10.7. The molecule has 6 heteroatoms. The first-order chi connectivity index (χ1) is 9.65. The summed E-state index contributed by atoms with van der Waals surface area (Å²) in [5, 5.41) is 3.20. The van der Waals surface area contributed by atoms with Crippen LogP contribution in [0.4, 0.5) is 5.69 Å². The minimum Gasteiger partial charge on any atom is -0.492 e. The summed E-state index contributed by atoms with van der Waals surface area (Å²) in [6.45, 7) is 0.747. The van der Waals surface area contributed by atoms with E-state index in [9.17, 15) is 4.79 Å². The number of nitrogens with two attached hydrogens (primary N) is 1. The van der Waals surface area contributed by atoms with Gasteiger partial charge < -0.3 is 15.8 Å². The van der Waals surface area contributed by atoms with Crippen molar-refractivity contribution in [3.8, 4) is 5.75 Å². The van der Waals surface area contributed by atoms with E-state index in [4.69, 9.17) is 22.1 Å². The van der Waals surface area contributed by atoms with Gasteiger partial charge in [0.25, 0.3) is 5.91 Å². The number of ether oxygens (including phenoxy) is 1. The van der Waals surface area contributed by atoms with Crippen LogP contribution in [0.5, 0.6) is 5.75 Å². The fraction of sp³-hybridized carbons (Fsp3) is 0.143. The number of nitrogens with zero attached hydrogens (tertiary/aromatic N) is 1. The molecule has 0 saturated heterocycles. The number of aromatic nitrogens is 1. The highest BCUT2D eigenvalue weighted by molar-refractivity contribution is 6.30. The Balaban J connectivity index is 1.74. The molecule has 0 bridgehead atoms. The molecule has 1 heterocycles. The van der Waals surface area contributed by atoms with Gasteiger partial charge in [0, 0.05) is 11.9 Å². The maximum absolute atomic E-state index is 11.7. The number of benzene rings is 1. The van der Waals surface area contributed by atoms with E-state index in [0.29, 0.717) is 35.3 Å². The van der Waals surface area contributed by atoms with Crippen molar-refractivity contribution in [1.29, 1.82) is 0 Å². The molecule has 0 unspecified atom stereocenters. The summed E-state index contributed by atoms with van der Waals surface area (Å²) < 4.78 is 5.45. The van der Waals surface area contributed by atoms with Crippen LogP contribution in [-0.4, -0.2) is 24.0 Å². The zero-order chi connectivity index (χ0) is 14.4. The molecule has 0 fully saturated rings. The molecule has 0 radical (unpaired) electrons. The average Bonchev–Trinajstić information content (AvgIpc) is 2.46. The Kier molecular flexibility index (Phi) is 4.79. The molecule has 0 aliphatic heterocycles. The van der Waals surface area contributed by atoms with Gasteiger partial charge in [-0.25, -0.2) is 4.98 Å². The van der Waals surface area contributed by atoms with Gasteiger partial charge in [-0.05, 0) is 36.4 Å². The van der Waals surface area contributed by atoms with Crippen molar-refractivity contribution in [2.24, 2.45) is 0 Å². The van der Waals surface area contributed by atoms with Gasteiger partial charge >= 0.3 is 0 Å². The van der Waals surface area contributed by atoms with Crippen LogP contribution in [0.25, 0.3) is 0 Å². The van der Waals surface area contributed by atoms with E-state index in [0.717, 1.165) is 0 Å². The number of nitrogen functional groups attached to an aromatic ring is 1. The predicted octanol–water partition coefficient (Wildman–Crippen LogP) is 2.13. The van der Waals surface area contributed by atoms with E-state index >= 15 is 0 Å². The molecule has 2 aromatic rings. The predicted molar refractivity (Wildman–Crippen MR) is 77.9 cm³/mol. The molecule has 5 nitrogen and oxygen atoms in total. The van der Waals surface area contributed by atoms with Crippen molar-refractivity contribution in [2.45, 2.75) is 0 Å². The number of hydrogen-bond acceptors (Lipinski definition) is 4. The molecular formula is C14H14ClN3O2. The molecule has 1 aromatic carbocycles. The molecule has 0 aliphatic carbocycles. The van der Waals surface area contributed by atoms with E-state index in [1.165, 1.54) is 6.20 Å². The number of nitrogens with one attached hydrogen (secondary N) is 1. The third kappa shape index (κ3) is 4.13. The third-order valence-electron chi connectivity index (χ3n) is 2.50. The van der Waals surface area contributed by atoms with Gasteiger partial charge in [-0.1, -0.05) is 11.6 Å². The van der Waals surface area contributed by atoms with Crippen LogP contribution < -0.4 is 15.8 Å². The lowest BCUT2D eigenvalue weighted by molar-refractivity contribution is 0.0942. The van der Waals surface area contributed by atoms with Crippen molar-refractivity contribution in [1.82, 2.24) is 10.3 Å². The maximum atomic E-state index is 11.7. The molecule has 0 saturated carbocycles. The minimum atomic E-state index is -0.262. The zero-order valence-corrected chi connectivity index (χ0v) is 11.4. The molecule has 3 N–H and O–H groups in total. The summed E-state index contributed by atoms with van der Waals surface area (Å²) in [6.07, 6.45) is 1.43. The van der Waals surface area contributed by atoms with Crippen LogP contribution in [-0.2, 0) is 0 Å². The van der Waals surface area contributed by atoms with Crippen molar-refractivity contribution in [3.63, 3.8) is 0 Å². The van der Waals surface area contributed by atoms with Crippen LogP contribution in [0.3, 0.4) is 0 Å². The van der Waals surface area contributed by atoms with Crippen LogP contribution in [0.1, 0.15) is 10.5 Å². The van der Waals surface area contributed by atoms with E-state index in [1.54, 1.807) is 36.4 Å². The molecule has 0 spiro atoms. The number of rotatable bonds is 5. The minimum absolute atomic E-state index is 0.262. The average molecular weight is 292 g/mol. The van der Waals surface area contributed by atoms with Crippen molar-refractivity contribution in [2.75, 3.05) is 18.9 Å². The van der Waals surface area contributed by atoms with Crippen molar-refractivity contribution >= 4 is 23.2 Å². The number of carbonyl (C=O) groups is 1. The van der Waals surface area contributed by atoms with Gasteiger partial charge in [0.05, 0.1) is 11.6 Å². The number of carbonyl (C=O) groups excluding carboxylic acids is 1. The topological polar surface area (TPSA) is 77.2 Å². The van der Waals surface area contributed by atoms with Gasteiger partial charge in [0.1, 0.15) is 18.1 Å². The Morgan fingerprint density at radius 3 is 2.65 bits per heavy atom. The fourth-order valence-corrected chi connectivity index (χ4v) is 1.61. The molecule has 1 amide bonds. The Morgan fingerprint density at radius 2 is 2.00 bits per heavy atom. The van der Waals surface area contributed by atoms with Gasteiger partial charge in [-0.3, -0.25) is 4.79 Å². The molecule has 2 rings (SSSR count).